The van der Waals surface area contributed by atoms with Crippen LogP contribution in [0.1, 0.15) is 31.9 Å². The predicted octanol–water partition coefficient (Wildman–Crippen LogP) is 2.60. The summed E-state index contributed by atoms with van der Waals surface area (Å²) < 4.78 is 0. The van der Waals surface area contributed by atoms with Crippen LogP contribution in [0.5, 0.6) is 0 Å². The summed E-state index contributed by atoms with van der Waals surface area (Å²) in [5.41, 5.74) is 0.957. The van der Waals surface area contributed by atoms with Crippen LogP contribution in [0.4, 0.5) is 0 Å². The molecule has 0 saturated heterocycles. The van der Waals surface area contributed by atoms with E-state index in [1.165, 1.54) is 0 Å². The summed E-state index contributed by atoms with van der Waals surface area (Å²) in [6, 6.07) is 7.87. The van der Waals surface area contributed by atoms with Crippen molar-refractivity contribution in [1.29, 1.82) is 0 Å². The molecular formula is C12H18O2S. The normalized spacial score (nSPS) is 14.9. The standard InChI is InChI=1S/C12H18O2S/c1-3-12(14)10-4-6-11(7-5-10)15-9(2)8-13/h4-7,9,12-14H,3,8H2,1-2H3. The van der Waals surface area contributed by atoms with E-state index in [4.69, 9.17) is 5.11 Å². The highest BCUT2D eigenvalue weighted by atomic mass is 32.2. The lowest BCUT2D eigenvalue weighted by Crippen LogP contribution is -2.01. The average molecular weight is 226 g/mol. The van der Waals surface area contributed by atoms with Gasteiger partial charge in [0.05, 0.1) is 12.7 Å². The van der Waals surface area contributed by atoms with Gasteiger partial charge in [-0.1, -0.05) is 26.0 Å². The second kappa shape index (κ2) is 6.16. The van der Waals surface area contributed by atoms with E-state index in [1.54, 1.807) is 11.8 Å². The van der Waals surface area contributed by atoms with Crippen LogP contribution >= 0.6 is 11.8 Å². The first-order valence-electron chi connectivity index (χ1n) is 5.23. The Hall–Kier alpha value is -0.510. The largest absolute Gasteiger partial charge is 0.395 e. The van der Waals surface area contributed by atoms with Gasteiger partial charge in [0, 0.05) is 10.1 Å². The van der Waals surface area contributed by atoms with Crippen LogP contribution in [-0.2, 0) is 0 Å². The van der Waals surface area contributed by atoms with E-state index < -0.39 is 0 Å². The maximum Gasteiger partial charge on any atom is 0.0787 e. The highest BCUT2D eigenvalue weighted by molar-refractivity contribution is 8.00. The maximum absolute atomic E-state index is 9.60. The summed E-state index contributed by atoms with van der Waals surface area (Å²) in [4.78, 5) is 1.13. The Labute approximate surface area is 95.3 Å². The van der Waals surface area contributed by atoms with Gasteiger partial charge in [-0.2, -0.15) is 0 Å². The third-order valence-electron chi connectivity index (χ3n) is 2.25. The number of hydrogen-bond donors (Lipinski definition) is 2. The number of aliphatic hydroxyl groups is 2. The van der Waals surface area contributed by atoms with E-state index in [9.17, 15) is 5.11 Å². The SMILES string of the molecule is CCC(O)c1ccc(SC(C)CO)cc1. The number of thioether (sulfide) groups is 1. The number of benzene rings is 1. The Kier molecular flexibility index (Phi) is 5.15. The number of hydrogen-bond acceptors (Lipinski definition) is 3. The van der Waals surface area contributed by atoms with Crippen molar-refractivity contribution in [3.05, 3.63) is 29.8 Å². The molecule has 0 aliphatic rings. The molecule has 1 aromatic rings. The van der Waals surface area contributed by atoms with E-state index in [-0.39, 0.29) is 18.0 Å². The molecule has 84 valence electrons. The molecule has 1 aromatic carbocycles. The number of rotatable bonds is 5. The van der Waals surface area contributed by atoms with Crippen LogP contribution in [-0.4, -0.2) is 22.1 Å². The summed E-state index contributed by atoms with van der Waals surface area (Å²) in [6.07, 6.45) is 0.374. The van der Waals surface area contributed by atoms with E-state index in [1.807, 2.05) is 38.1 Å². The van der Waals surface area contributed by atoms with Crippen LogP contribution in [0.2, 0.25) is 0 Å². The molecule has 0 aliphatic heterocycles. The van der Waals surface area contributed by atoms with Crippen molar-refractivity contribution < 1.29 is 10.2 Å². The second-order valence-corrected chi connectivity index (χ2v) is 5.12. The molecule has 1 rings (SSSR count). The highest BCUT2D eigenvalue weighted by Crippen LogP contribution is 2.25. The lowest BCUT2D eigenvalue weighted by Gasteiger charge is -2.10. The van der Waals surface area contributed by atoms with Gasteiger partial charge in [0.15, 0.2) is 0 Å². The van der Waals surface area contributed by atoms with Crippen LogP contribution < -0.4 is 0 Å². The van der Waals surface area contributed by atoms with Gasteiger partial charge in [-0.3, -0.25) is 0 Å². The maximum atomic E-state index is 9.60. The Morgan fingerprint density at radius 1 is 1.27 bits per heavy atom. The first-order valence-corrected chi connectivity index (χ1v) is 6.10. The van der Waals surface area contributed by atoms with Crippen molar-refractivity contribution in [3.63, 3.8) is 0 Å². The van der Waals surface area contributed by atoms with Gasteiger partial charge in [0.2, 0.25) is 0 Å². The molecule has 0 aromatic heterocycles. The minimum atomic E-state index is -0.362. The van der Waals surface area contributed by atoms with Crippen molar-refractivity contribution in [3.8, 4) is 0 Å². The van der Waals surface area contributed by atoms with Crippen molar-refractivity contribution in [2.45, 2.75) is 36.5 Å². The lowest BCUT2D eigenvalue weighted by molar-refractivity contribution is 0.173. The zero-order valence-electron chi connectivity index (χ0n) is 9.18. The molecule has 0 bridgehead atoms. The molecule has 2 nitrogen and oxygen atoms in total. The first kappa shape index (κ1) is 12.6. The minimum Gasteiger partial charge on any atom is -0.395 e. The summed E-state index contributed by atoms with van der Waals surface area (Å²) in [7, 11) is 0. The molecule has 0 fully saturated rings. The van der Waals surface area contributed by atoms with Crippen molar-refractivity contribution in [2.75, 3.05) is 6.61 Å². The fraction of sp³-hybridized carbons (Fsp3) is 0.500. The predicted molar refractivity (Wildman–Crippen MR) is 64.1 cm³/mol. The molecule has 0 heterocycles. The molecule has 15 heavy (non-hydrogen) atoms. The number of aliphatic hydroxyl groups excluding tert-OH is 2. The smallest absolute Gasteiger partial charge is 0.0787 e. The van der Waals surface area contributed by atoms with Gasteiger partial charge in [-0.25, -0.2) is 0 Å². The van der Waals surface area contributed by atoms with Crippen molar-refractivity contribution in [2.24, 2.45) is 0 Å². The Morgan fingerprint density at radius 3 is 2.33 bits per heavy atom. The molecule has 3 heteroatoms. The Morgan fingerprint density at radius 2 is 1.87 bits per heavy atom. The Balaban J connectivity index is 2.64. The first-order chi connectivity index (χ1) is 7.17. The van der Waals surface area contributed by atoms with E-state index in [2.05, 4.69) is 0 Å². The second-order valence-electron chi connectivity index (χ2n) is 3.60. The third-order valence-corrected chi connectivity index (χ3v) is 3.34. The van der Waals surface area contributed by atoms with E-state index in [0.717, 1.165) is 16.9 Å². The molecule has 2 atom stereocenters. The summed E-state index contributed by atoms with van der Waals surface area (Å²) in [5, 5.41) is 18.7. The van der Waals surface area contributed by atoms with Crippen LogP contribution in [0, 0.1) is 0 Å². The van der Waals surface area contributed by atoms with Gasteiger partial charge in [-0.15, -0.1) is 11.8 Å². The topological polar surface area (TPSA) is 40.5 Å². The zero-order valence-corrected chi connectivity index (χ0v) is 10.00. The molecule has 0 saturated carbocycles. The van der Waals surface area contributed by atoms with E-state index >= 15 is 0 Å². The fourth-order valence-corrected chi connectivity index (χ4v) is 2.11. The van der Waals surface area contributed by atoms with Gasteiger partial charge >= 0.3 is 0 Å². The molecule has 0 radical (unpaired) electrons. The summed E-state index contributed by atoms with van der Waals surface area (Å²) >= 11 is 1.64. The molecule has 2 N–H and O–H groups in total. The van der Waals surface area contributed by atoms with Crippen LogP contribution in [0.15, 0.2) is 29.2 Å². The average Bonchev–Trinajstić information content (AvgIpc) is 2.29. The summed E-state index contributed by atoms with van der Waals surface area (Å²) in [6.45, 7) is 4.13. The van der Waals surface area contributed by atoms with Gasteiger partial charge in [0.1, 0.15) is 0 Å². The monoisotopic (exact) mass is 226 g/mol. The molecular weight excluding hydrogens is 208 g/mol. The summed E-state index contributed by atoms with van der Waals surface area (Å²) in [5.74, 6) is 0. The molecule has 0 amide bonds. The molecule has 0 aliphatic carbocycles. The molecule has 2 unspecified atom stereocenters. The highest BCUT2D eigenvalue weighted by Gasteiger charge is 2.06. The van der Waals surface area contributed by atoms with Gasteiger partial charge in [-0.05, 0) is 24.1 Å². The van der Waals surface area contributed by atoms with E-state index in [0.29, 0.717) is 0 Å². The zero-order chi connectivity index (χ0) is 11.3. The van der Waals surface area contributed by atoms with Crippen molar-refractivity contribution >= 4 is 11.8 Å². The van der Waals surface area contributed by atoms with Crippen LogP contribution in [0.3, 0.4) is 0 Å². The third kappa shape index (κ3) is 3.86. The quantitative estimate of drug-likeness (QED) is 0.758. The fourth-order valence-electron chi connectivity index (χ4n) is 1.27. The van der Waals surface area contributed by atoms with Crippen LogP contribution in [0.25, 0.3) is 0 Å². The lowest BCUT2D eigenvalue weighted by atomic mass is 10.1. The molecule has 0 spiro atoms. The Bertz CT molecular complexity index is 284. The van der Waals surface area contributed by atoms with Gasteiger partial charge in [0.25, 0.3) is 0 Å². The van der Waals surface area contributed by atoms with Crippen molar-refractivity contribution in [1.82, 2.24) is 0 Å². The minimum absolute atomic E-state index is 0.185. The van der Waals surface area contributed by atoms with Gasteiger partial charge < -0.3 is 10.2 Å².